The number of rotatable bonds is 5. The number of carbonyl (C=O) groups excluding carboxylic acids is 2. The molecule has 6 heteroatoms. The topological polar surface area (TPSA) is 88.4 Å². The molecule has 0 unspecified atom stereocenters. The Morgan fingerprint density at radius 3 is 2.53 bits per heavy atom. The molecule has 0 aliphatic rings. The number of benzene rings is 1. The van der Waals surface area contributed by atoms with Crippen LogP contribution < -0.4 is 10.1 Å². The van der Waals surface area contributed by atoms with Crippen LogP contribution in [0, 0.1) is 11.3 Å². The zero-order valence-electron chi connectivity index (χ0n) is 10.7. The van der Waals surface area contributed by atoms with E-state index in [-0.39, 0.29) is 6.54 Å². The van der Waals surface area contributed by atoms with Gasteiger partial charge in [-0.25, -0.2) is 0 Å². The Bertz CT molecular complexity index is 490. The summed E-state index contributed by atoms with van der Waals surface area (Å²) in [6.45, 7) is 1.17. The molecule has 0 aliphatic carbocycles. The minimum absolute atomic E-state index is 0.281. The van der Waals surface area contributed by atoms with Crippen molar-refractivity contribution in [2.75, 3.05) is 13.7 Å². The number of carbonyl (C=O) groups is 2. The fraction of sp³-hybridized carbons (Fsp3) is 0.308. The van der Waals surface area contributed by atoms with Crippen LogP contribution in [0.2, 0.25) is 0 Å². The number of nitrogens with one attached hydrogen (secondary N) is 1. The van der Waals surface area contributed by atoms with Gasteiger partial charge in [-0.05, 0) is 31.2 Å². The predicted molar refractivity (Wildman–Crippen MR) is 66.5 cm³/mol. The second-order valence-electron chi connectivity index (χ2n) is 3.67. The van der Waals surface area contributed by atoms with Crippen LogP contribution in [0.1, 0.15) is 17.3 Å². The lowest BCUT2D eigenvalue weighted by Gasteiger charge is -2.07. The van der Waals surface area contributed by atoms with E-state index in [0.29, 0.717) is 11.3 Å². The van der Waals surface area contributed by atoms with Gasteiger partial charge in [0.2, 0.25) is 0 Å². The van der Waals surface area contributed by atoms with E-state index >= 15 is 0 Å². The summed E-state index contributed by atoms with van der Waals surface area (Å²) in [5, 5.41) is 10.9. The Kier molecular flexibility index (Phi) is 5.35. The van der Waals surface area contributed by atoms with E-state index in [9.17, 15) is 9.59 Å². The molecule has 100 valence electrons. The SMILES string of the molecule is COc1ccc(C(=O)NCC(=O)O[C@@H](C)C#N)cc1. The number of methoxy groups -OCH3 is 1. The number of esters is 1. The van der Waals surface area contributed by atoms with Gasteiger partial charge in [-0.3, -0.25) is 9.59 Å². The zero-order valence-corrected chi connectivity index (χ0v) is 10.7. The Morgan fingerprint density at radius 1 is 1.37 bits per heavy atom. The van der Waals surface area contributed by atoms with Gasteiger partial charge in [0.1, 0.15) is 18.4 Å². The first kappa shape index (κ1) is 14.5. The van der Waals surface area contributed by atoms with Gasteiger partial charge in [0.15, 0.2) is 6.10 Å². The lowest BCUT2D eigenvalue weighted by atomic mass is 10.2. The maximum atomic E-state index is 11.7. The summed E-state index contributed by atoms with van der Waals surface area (Å²) in [7, 11) is 1.53. The summed E-state index contributed by atoms with van der Waals surface area (Å²) in [5.74, 6) is -0.418. The van der Waals surface area contributed by atoms with Crippen LogP contribution in [-0.2, 0) is 9.53 Å². The molecule has 0 saturated carbocycles. The van der Waals surface area contributed by atoms with Gasteiger partial charge in [-0.1, -0.05) is 0 Å². The molecule has 0 spiro atoms. The molecule has 19 heavy (non-hydrogen) atoms. The van der Waals surface area contributed by atoms with Gasteiger partial charge in [0.05, 0.1) is 7.11 Å². The first-order chi connectivity index (χ1) is 9.06. The molecule has 0 heterocycles. The molecule has 1 atom stereocenters. The van der Waals surface area contributed by atoms with Gasteiger partial charge in [0, 0.05) is 5.56 Å². The third-order valence-corrected chi connectivity index (χ3v) is 2.24. The van der Waals surface area contributed by atoms with Gasteiger partial charge in [-0.2, -0.15) is 5.26 Å². The van der Waals surface area contributed by atoms with Crippen LogP contribution in [0.15, 0.2) is 24.3 Å². The van der Waals surface area contributed by atoms with Crippen molar-refractivity contribution in [2.45, 2.75) is 13.0 Å². The van der Waals surface area contributed by atoms with Crippen molar-refractivity contribution in [2.24, 2.45) is 0 Å². The van der Waals surface area contributed by atoms with Crippen molar-refractivity contribution in [1.29, 1.82) is 5.26 Å². The highest BCUT2D eigenvalue weighted by Crippen LogP contribution is 2.10. The molecule has 1 aromatic carbocycles. The van der Waals surface area contributed by atoms with Crippen molar-refractivity contribution in [3.05, 3.63) is 29.8 Å². The van der Waals surface area contributed by atoms with Gasteiger partial charge in [0.25, 0.3) is 5.91 Å². The van der Waals surface area contributed by atoms with E-state index in [2.05, 4.69) is 10.1 Å². The molecule has 0 radical (unpaired) electrons. The number of hydrogen-bond donors (Lipinski definition) is 1. The highest BCUT2D eigenvalue weighted by molar-refractivity contribution is 5.96. The predicted octanol–water partition coefficient (Wildman–Crippen LogP) is 0.880. The normalized spacial score (nSPS) is 11.0. The molecule has 1 aromatic rings. The summed E-state index contributed by atoms with van der Waals surface area (Å²) in [6, 6.07) is 8.21. The van der Waals surface area contributed by atoms with Crippen molar-refractivity contribution in [1.82, 2.24) is 5.32 Å². The van der Waals surface area contributed by atoms with Crippen molar-refractivity contribution in [3.63, 3.8) is 0 Å². The second-order valence-corrected chi connectivity index (χ2v) is 3.67. The maximum Gasteiger partial charge on any atom is 0.326 e. The smallest absolute Gasteiger partial charge is 0.326 e. The molecule has 0 fully saturated rings. The van der Waals surface area contributed by atoms with Crippen LogP contribution >= 0.6 is 0 Å². The van der Waals surface area contributed by atoms with Crippen LogP contribution in [0.3, 0.4) is 0 Å². The molecule has 1 amide bonds. The monoisotopic (exact) mass is 262 g/mol. The molecule has 0 saturated heterocycles. The fourth-order valence-corrected chi connectivity index (χ4v) is 1.26. The molecule has 0 bridgehead atoms. The van der Waals surface area contributed by atoms with Crippen LogP contribution in [0.4, 0.5) is 0 Å². The average Bonchev–Trinajstić information content (AvgIpc) is 2.44. The largest absolute Gasteiger partial charge is 0.497 e. The van der Waals surface area contributed by atoms with E-state index in [1.165, 1.54) is 14.0 Å². The molecular weight excluding hydrogens is 248 g/mol. The summed E-state index contributed by atoms with van der Waals surface area (Å²) in [4.78, 5) is 22.9. The number of amides is 1. The number of hydrogen-bond acceptors (Lipinski definition) is 5. The summed E-state index contributed by atoms with van der Waals surface area (Å²) in [5.41, 5.74) is 0.405. The van der Waals surface area contributed by atoms with Gasteiger partial charge >= 0.3 is 5.97 Å². The Morgan fingerprint density at radius 2 is 2.00 bits per heavy atom. The molecule has 0 aliphatic heterocycles. The Hall–Kier alpha value is -2.55. The molecule has 1 rings (SSSR count). The standard InChI is InChI=1S/C13H14N2O4/c1-9(7-14)19-12(16)8-15-13(17)10-3-5-11(18-2)6-4-10/h3-6,9H,8H2,1-2H3,(H,15,17)/t9-/m0/s1. The number of ether oxygens (including phenoxy) is 2. The van der Waals surface area contributed by atoms with Crippen LogP contribution in [0.5, 0.6) is 5.75 Å². The molecule has 1 N–H and O–H groups in total. The van der Waals surface area contributed by atoms with Gasteiger partial charge < -0.3 is 14.8 Å². The number of nitriles is 1. The minimum Gasteiger partial charge on any atom is -0.497 e. The molecule has 6 nitrogen and oxygen atoms in total. The first-order valence-electron chi connectivity index (χ1n) is 5.58. The van der Waals surface area contributed by atoms with E-state index in [1.54, 1.807) is 30.3 Å². The Labute approximate surface area is 110 Å². The van der Waals surface area contributed by atoms with E-state index in [0.717, 1.165) is 0 Å². The van der Waals surface area contributed by atoms with Crippen molar-refractivity contribution >= 4 is 11.9 Å². The summed E-state index contributed by atoms with van der Waals surface area (Å²) in [6.07, 6.45) is -0.828. The third kappa shape index (κ3) is 4.68. The molecular formula is C13H14N2O4. The average molecular weight is 262 g/mol. The molecule has 0 aromatic heterocycles. The highest BCUT2D eigenvalue weighted by Gasteiger charge is 2.11. The van der Waals surface area contributed by atoms with Gasteiger partial charge in [-0.15, -0.1) is 0 Å². The van der Waals surface area contributed by atoms with Crippen LogP contribution in [0.25, 0.3) is 0 Å². The van der Waals surface area contributed by atoms with E-state index < -0.39 is 18.0 Å². The minimum atomic E-state index is -0.828. The van der Waals surface area contributed by atoms with Crippen molar-refractivity contribution < 1.29 is 19.1 Å². The van der Waals surface area contributed by atoms with Crippen LogP contribution in [-0.4, -0.2) is 31.6 Å². The number of nitrogens with zero attached hydrogens (tertiary/aromatic N) is 1. The summed E-state index contributed by atoms with van der Waals surface area (Å²) < 4.78 is 9.65. The van der Waals surface area contributed by atoms with Crippen molar-refractivity contribution in [3.8, 4) is 11.8 Å². The highest BCUT2D eigenvalue weighted by atomic mass is 16.5. The zero-order chi connectivity index (χ0) is 14.3. The van der Waals surface area contributed by atoms with E-state index in [1.807, 2.05) is 0 Å². The second kappa shape index (κ2) is 7.01. The third-order valence-electron chi connectivity index (χ3n) is 2.24. The first-order valence-corrected chi connectivity index (χ1v) is 5.58. The maximum absolute atomic E-state index is 11.7. The fourth-order valence-electron chi connectivity index (χ4n) is 1.26. The lowest BCUT2D eigenvalue weighted by Crippen LogP contribution is -2.31. The van der Waals surface area contributed by atoms with E-state index in [4.69, 9.17) is 10.00 Å². The lowest BCUT2D eigenvalue weighted by molar-refractivity contribution is -0.144. The Balaban J connectivity index is 2.47. The quantitative estimate of drug-likeness (QED) is 0.796. The summed E-state index contributed by atoms with van der Waals surface area (Å²) >= 11 is 0.